The van der Waals surface area contributed by atoms with Gasteiger partial charge in [0.1, 0.15) is 0 Å². The van der Waals surface area contributed by atoms with Crippen LogP contribution in [0.4, 0.5) is 17.1 Å². The van der Waals surface area contributed by atoms with Gasteiger partial charge in [0.25, 0.3) is 0 Å². The molecule has 2 atom stereocenters. The highest BCUT2D eigenvalue weighted by atomic mass is 15.1. The first-order chi connectivity index (χ1) is 29.9. The zero-order valence-electron chi connectivity index (χ0n) is 35.9. The van der Waals surface area contributed by atoms with Gasteiger partial charge in [0.2, 0.25) is 0 Å². The van der Waals surface area contributed by atoms with Crippen molar-refractivity contribution < 1.29 is 0 Å². The molecule has 300 valence electrons. The van der Waals surface area contributed by atoms with Crippen molar-refractivity contribution in [1.82, 2.24) is 4.57 Å². The fourth-order valence-corrected chi connectivity index (χ4v) is 9.65. The van der Waals surface area contributed by atoms with Crippen molar-refractivity contribution in [2.45, 2.75) is 71.1 Å². The second-order valence-electron chi connectivity index (χ2n) is 17.5. The van der Waals surface area contributed by atoms with E-state index in [0.29, 0.717) is 17.8 Å². The van der Waals surface area contributed by atoms with Crippen molar-refractivity contribution in [2.75, 3.05) is 4.90 Å². The fourth-order valence-electron chi connectivity index (χ4n) is 9.65. The highest BCUT2D eigenvalue weighted by Gasteiger charge is 2.20. The van der Waals surface area contributed by atoms with E-state index in [-0.39, 0.29) is 0 Å². The molecule has 1 heterocycles. The summed E-state index contributed by atoms with van der Waals surface area (Å²) in [6.45, 7) is 9.27. The smallest absolute Gasteiger partial charge is 0.0541 e. The summed E-state index contributed by atoms with van der Waals surface area (Å²) in [5.41, 5.74) is 19.3. The topological polar surface area (TPSA) is 8.17 Å². The van der Waals surface area contributed by atoms with Crippen LogP contribution in [-0.4, -0.2) is 4.57 Å². The molecule has 0 spiro atoms. The molecule has 0 amide bonds. The summed E-state index contributed by atoms with van der Waals surface area (Å²) < 4.78 is 2.44. The number of para-hydroxylation sites is 2. The second kappa shape index (κ2) is 16.4. The second-order valence-corrected chi connectivity index (χ2v) is 17.5. The average molecular weight is 791 g/mol. The third kappa shape index (κ3) is 7.46. The Labute approximate surface area is 361 Å². The van der Waals surface area contributed by atoms with Gasteiger partial charge in [-0.1, -0.05) is 143 Å². The first-order valence-corrected chi connectivity index (χ1v) is 22.3. The van der Waals surface area contributed by atoms with Crippen LogP contribution in [0.2, 0.25) is 0 Å². The zero-order valence-corrected chi connectivity index (χ0v) is 35.9. The summed E-state index contributed by atoms with van der Waals surface area (Å²) in [5, 5.41) is 2.52. The Balaban J connectivity index is 0.999. The zero-order chi connectivity index (χ0) is 41.5. The van der Waals surface area contributed by atoms with Gasteiger partial charge in [-0.25, -0.2) is 0 Å². The molecular weight excluding hydrogens is 737 g/mol. The fraction of sp³-hybridized carbons (Fsp3) is 0.186. The predicted octanol–water partition coefficient (Wildman–Crippen LogP) is 16.5. The van der Waals surface area contributed by atoms with E-state index in [2.05, 4.69) is 225 Å². The minimum absolute atomic E-state index is 0.485. The van der Waals surface area contributed by atoms with E-state index < -0.39 is 0 Å². The lowest BCUT2D eigenvalue weighted by atomic mass is 9.80. The minimum atomic E-state index is 0.485. The van der Waals surface area contributed by atoms with E-state index in [1.807, 2.05) is 0 Å². The van der Waals surface area contributed by atoms with Crippen LogP contribution in [0.3, 0.4) is 0 Å². The van der Waals surface area contributed by atoms with Gasteiger partial charge in [0, 0.05) is 33.5 Å². The number of anilines is 3. The molecule has 1 aliphatic carbocycles. The van der Waals surface area contributed by atoms with Crippen LogP contribution < -0.4 is 4.90 Å². The van der Waals surface area contributed by atoms with Crippen LogP contribution >= 0.6 is 0 Å². The molecule has 8 aromatic carbocycles. The lowest BCUT2D eigenvalue weighted by molar-refractivity contribution is 0.543. The van der Waals surface area contributed by atoms with Crippen molar-refractivity contribution in [3.63, 3.8) is 0 Å². The van der Waals surface area contributed by atoms with Crippen molar-refractivity contribution in [1.29, 1.82) is 0 Å². The van der Waals surface area contributed by atoms with Crippen LogP contribution in [0.15, 0.2) is 188 Å². The normalized spacial score (nSPS) is 13.3. The largest absolute Gasteiger partial charge is 0.311 e. The van der Waals surface area contributed by atoms with Gasteiger partial charge in [-0.3, -0.25) is 0 Å². The number of aryl methyl sites for hydroxylation is 2. The van der Waals surface area contributed by atoms with E-state index in [0.717, 1.165) is 17.1 Å². The van der Waals surface area contributed by atoms with E-state index in [1.54, 1.807) is 11.1 Å². The van der Waals surface area contributed by atoms with Gasteiger partial charge in [-0.05, 0) is 166 Å². The average Bonchev–Trinajstić information content (AvgIpc) is 3.63. The van der Waals surface area contributed by atoms with Crippen molar-refractivity contribution in [3.05, 3.63) is 216 Å². The first kappa shape index (κ1) is 38.6. The molecule has 0 saturated heterocycles. The van der Waals surface area contributed by atoms with Crippen LogP contribution in [0, 0.1) is 0 Å². The third-order valence-corrected chi connectivity index (χ3v) is 13.4. The molecule has 1 aliphatic rings. The predicted molar refractivity (Wildman–Crippen MR) is 260 cm³/mol. The van der Waals surface area contributed by atoms with Gasteiger partial charge in [-0.2, -0.15) is 0 Å². The van der Waals surface area contributed by atoms with Gasteiger partial charge in [0.15, 0.2) is 0 Å². The Bertz CT molecular complexity index is 2900. The van der Waals surface area contributed by atoms with Crippen LogP contribution in [0.1, 0.15) is 86.1 Å². The number of benzene rings is 8. The summed E-state index contributed by atoms with van der Waals surface area (Å²) in [6.07, 6.45) is 4.83. The standard InChI is InChI=1S/C59H54N2/c1-5-42(48-22-20-45-21-23-49(45)37-48)36-41(4)44-16-18-46(19-17-44)50-28-34-58-56(38-50)57-39-51(29-35-59(57)61(58)55-30-24-43(25-31-55)40(2)3)47-26-32-54(33-27-47)60(52-12-8-6-9-13-52)53-14-10-7-11-15-53/h6-20,22,24-35,37-42H,5,21,23,36H2,1-4H3. The molecule has 0 N–H and O–H groups in total. The van der Waals surface area contributed by atoms with Gasteiger partial charge < -0.3 is 9.47 Å². The summed E-state index contributed by atoms with van der Waals surface area (Å²) in [4.78, 5) is 2.32. The lowest BCUT2D eigenvalue weighted by Crippen LogP contribution is -2.10. The van der Waals surface area contributed by atoms with E-state index in [1.165, 1.54) is 92.1 Å². The number of hydrogen-bond donors (Lipinski definition) is 0. The maximum absolute atomic E-state index is 2.49. The molecule has 1 aromatic heterocycles. The SMILES string of the molecule is CCC(CC(C)c1ccc(-c2ccc3c(c2)c2cc(-c4ccc(N(c5ccccc5)c5ccccc5)cc4)ccc2n3-c2ccc(C(C)C)cc2)cc1)c1ccc2c(c1)CC2. The maximum Gasteiger partial charge on any atom is 0.0541 e. The third-order valence-electron chi connectivity index (χ3n) is 13.4. The monoisotopic (exact) mass is 790 g/mol. The maximum atomic E-state index is 2.49. The molecule has 61 heavy (non-hydrogen) atoms. The van der Waals surface area contributed by atoms with Crippen molar-refractivity contribution in [3.8, 4) is 27.9 Å². The molecule has 2 unspecified atom stereocenters. The number of fused-ring (bicyclic) bond motifs is 4. The molecule has 0 bridgehead atoms. The Morgan fingerprint density at radius 3 is 1.46 bits per heavy atom. The summed E-state index contributed by atoms with van der Waals surface area (Å²) >= 11 is 0. The molecule has 2 heteroatoms. The first-order valence-electron chi connectivity index (χ1n) is 22.3. The Hall–Kier alpha value is -6.64. The highest BCUT2D eigenvalue weighted by molar-refractivity contribution is 6.11. The van der Waals surface area contributed by atoms with E-state index in [4.69, 9.17) is 0 Å². The molecule has 0 saturated carbocycles. The highest BCUT2D eigenvalue weighted by Crippen LogP contribution is 2.40. The van der Waals surface area contributed by atoms with Crippen molar-refractivity contribution in [2.24, 2.45) is 0 Å². The molecule has 2 nitrogen and oxygen atoms in total. The molecular formula is C59H54N2. The van der Waals surface area contributed by atoms with Gasteiger partial charge >= 0.3 is 0 Å². The van der Waals surface area contributed by atoms with Gasteiger partial charge in [-0.15, -0.1) is 0 Å². The van der Waals surface area contributed by atoms with Crippen LogP contribution in [0.5, 0.6) is 0 Å². The molecule has 0 aliphatic heterocycles. The quantitative estimate of drug-likeness (QED) is 0.120. The molecule has 9 aromatic rings. The summed E-state index contributed by atoms with van der Waals surface area (Å²) in [5.74, 6) is 1.56. The van der Waals surface area contributed by atoms with Gasteiger partial charge in [0.05, 0.1) is 11.0 Å². The number of rotatable bonds is 12. The molecule has 0 radical (unpaired) electrons. The number of nitrogens with zero attached hydrogens (tertiary/aromatic N) is 2. The summed E-state index contributed by atoms with van der Waals surface area (Å²) in [7, 11) is 0. The molecule has 0 fully saturated rings. The van der Waals surface area contributed by atoms with E-state index >= 15 is 0 Å². The van der Waals surface area contributed by atoms with E-state index in [9.17, 15) is 0 Å². The van der Waals surface area contributed by atoms with Crippen LogP contribution in [-0.2, 0) is 12.8 Å². The van der Waals surface area contributed by atoms with Crippen LogP contribution in [0.25, 0.3) is 49.7 Å². The molecule has 10 rings (SSSR count). The minimum Gasteiger partial charge on any atom is -0.311 e. The summed E-state index contributed by atoms with van der Waals surface area (Å²) in [6, 6.07) is 70.1. The Morgan fingerprint density at radius 2 is 0.951 bits per heavy atom. The number of aromatic nitrogens is 1. The number of hydrogen-bond acceptors (Lipinski definition) is 1. The lowest BCUT2D eigenvalue weighted by Gasteiger charge is -2.25. The van der Waals surface area contributed by atoms with Crippen molar-refractivity contribution >= 4 is 38.9 Å². The Kier molecular flexibility index (Phi) is 10.4. The Morgan fingerprint density at radius 1 is 0.459 bits per heavy atom.